The molecule has 1 N–H and O–H groups in total. The summed E-state index contributed by atoms with van der Waals surface area (Å²) in [4.78, 5) is 24.3. The molecule has 1 aromatic carbocycles. The quantitative estimate of drug-likeness (QED) is 0.670. The number of ether oxygens (including phenoxy) is 1. The average Bonchev–Trinajstić information content (AvgIpc) is 2.95. The van der Waals surface area contributed by atoms with Crippen LogP contribution in [-0.2, 0) is 0 Å². The number of aliphatic hydroxyl groups excluding tert-OH is 1. The summed E-state index contributed by atoms with van der Waals surface area (Å²) in [6.07, 6.45) is 0.308. The number of aliphatic hydroxyl groups is 1. The van der Waals surface area contributed by atoms with Crippen LogP contribution in [0, 0.1) is 16.0 Å². The third-order valence-electron chi connectivity index (χ3n) is 3.82. The van der Waals surface area contributed by atoms with E-state index in [1.807, 2.05) is 0 Å². The van der Waals surface area contributed by atoms with E-state index < -0.39 is 11.0 Å². The zero-order valence-corrected chi connectivity index (χ0v) is 12.0. The van der Waals surface area contributed by atoms with Crippen LogP contribution in [0.15, 0.2) is 18.2 Å². The molecular formula is C14H18N2O5. The van der Waals surface area contributed by atoms with Gasteiger partial charge in [-0.3, -0.25) is 14.9 Å². The Hall–Kier alpha value is -2.15. The first kappa shape index (κ1) is 15.2. The molecule has 1 heterocycles. The number of carbonyl (C=O) groups is 1. The number of amides is 1. The van der Waals surface area contributed by atoms with E-state index in [1.165, 1.54) is 25.3 Å². The highest BCUT2D eigenvalue weighted by Gasteiger charge is 2.30. The number of rotatable bonds is 4. The lowest BCUT2D eigenvalue weighted by Gasteiger charge is -2.18. The molecule has 0 bridgehead atoms. The van der Waals surface area contributed by atoms with Gasteiger partial charge in [-0.25, -0.2) is 0 Å². The fourth-order valence-electron chi connectivity index (χ4n) is 2.51. The molecule has 7 heteroatoms. The van der Waals surface area contributed by atoms with E-state index in [1.54, 1.807) is 11.8 Å². The molecule has 0 aliphatic carbocycles. The average molecular weight is 294 g/mol. The molecule has 2 atom stereocenters. The molecule has 21 heavy (non-hydrogen) atoms. The summed E-state index contributed by atoms with van der Waals surface area (Å²) >= 11 is 0. The highest BCUT2D eigenvalue weighted by molar-refractivity contribution is 5.95. The van der Waals surface area contributed by atoms with Gasteiger partial charge in [-0.2, -0.15) is 0 Å². The van der Waals surface area contributed by atoms with Crippen molar-refractivity contribution in [1.29, 1.82) is 0 Å². The molecule has 1 aliphatic rings. The van der Waals surface area contributed by atoms with Crippen molar-refractivity contribution in [2.24, 2.45) is 5.92 Å². The van der Waals surface area contributed by atoms with E-state index in [2.05, 4.69) is 0 Å². The number of benzene rings is 1. The van der Waals surface area contributed by atoms with E-state index in [0.29, 0.717) is 18.7 Å². The highest BCUT2D eigenvalue weighted by Crippen LogP contribution is 2.29. The molecule has 1 aromatic rings. The van der Waals surface area contributed by atoms with Gasteiger partial charge in [-0.05, 0) is 19.4 Å². The Morgan fingerprint density at radius 3 is 2.81 bits per heavy atom. The van der Waals surface area contributed by atoms with Crippen molar-refractivity contribution < 1.29 is 19.6 Å². The Labute approximate surface area is 122 Å². The minimum atomic E-state index is -0.549. The fraction of sp³-hybridized carbons (Fsp3) is 0.500. The van der Waals surface area contributed by atoms with Gasteiger partial charge in [0.1, 0.15) is 0 Å². The van der Waals surface area contributed by atoms with Crippen molar-refractivity contribution in [3.8, 4) is 5.75 Å². The molecule has 114 valence electrons. The number of likely N-dealkylation sites (tertiary alicyclic amines) is 1. The molecule has 0 saturated carbocycles. The minimum Gasteiger partial charge on any atom is -0.490 e. The predicted molar refractivity (Wildman–Crippen MR) is 75.3 cm³/mol. The molecule has 7 nitrogen and oxygen atoms in total. The lowest BCUT2D eigenvalue weighted by atomic mass is 10.0. The lowest BCUT2D eigenvalue weighted by Crippen LogP contribution is -2.30. The van der Waals surface area contributed by atoms with Crippen LogP contribution in [0.5, 0.6) is 5.75 Å². The zero-order valence-electron chi connectivity index (χ0n) is 12.0. The highest BCUT2D eigenvalue weighted by atomic mass is 16.6. The fourth-order valence-corrected chi connectivity index (χ4v) is 2.51. The number of nitrogens with zero attached hydrogens (tertiary/aromatic N) is 2. The van der Waals surface area contributed by atoms with Crippen molar-refractivity contribution in [2.75, 3.05) is 20.2 Å². The van der Waals surface area contributed by atoms with Gasteiger partial charge in [-0.15, -0.1) is 0 Å². The van der Waals surface area contributed by atoms with Gasteiger partial charge in [0.15, 0.2) is 5.75 Å². The summed E-state index contributed by atoms with van der Waals surface area (Å²) in [5.41, 5.74) is 0.182. The number of hydrogen-bond acceptors (Lipinski definition) is 5. The zero-order chi connectivity index (χ0) is 15.6. The number of methoxy groups -OCH3 is 1. The van der Waals surface area contributed by atoms with Crippen molar-refractivity contribution in [3.63, 3.8) is 0 Å². The Morgan fingerprint density at radius 1 is 1.57 bits per heavy atom. The molecule has 1 saturated heterocycles. The third kappa shape index (κ3) is 3.13. The minimum absolute atomic E-state index is 0.0668. The molecule has 2 rings (SSSR count). The lowest BCUT2D eigenvalue weighted by molar-refractivity contribution is -0.385. The second kappa shape index (κ2) is 6.09. The monoisotopic (exact) mass is 294 g/mol. The van der Waals surface area contributed by atoms with E-state index in [-0.39, 0.29) is 23.3 Å². The Kier molecular flexibility index (Phi) is 4.42. The molecule has 0 aromatic heterocycles. The standard InChI is InChI=1S/C14H18N2O5/c1-9(17)11-5-6-15(8-11)14(18)10-3-4-12(16(19)20)13(7-10)21-2/h3-4,7,9,11,17H,5-6,8H2,1-2H3. The maximum atomic E-state index is 12.4. The number of hydrogen-bond donors (Lipinski definition) is 1. The second-order valence-electron chi connectivity index (χ2n) is 5.18. The normalized spacial score (nSPS) is 19.4. The van der Waals surface area contributed by atoms with Gasteiger partial charge in [0.05, 0.1) is 18.1 Å². The van der Waals surface area contributed by atoms with Crippen LogP contribution in [0.2, 0.25) is 0 Å². The van der Waals surface area contributed by atoms with Gasteiger partial charge < -0.3 is 14.7 Å². The second-order valence-corrected chi connectivity index (χ2v) is 5.18. The summed E-state index contributed by atoms with van der Waals surface area (Å²) < 4.78 is 4.97. The molecule has 0 radical (unpaired) electrons. The van der Waals surface area contributed by atoms with Crippen LogP contribution in [0.25, 0.3) is 0 Å². The molecule has 1 fully saturated rings. The van der Waals surface area contributed by atoms with Gasteiger partial charge >= 0.3 is 5.69 Å². The molecular weight excluding hydrogens is 276 g/mol. The summed E-state index contributed by atoms with van der Waals surface area (Å²) in [6, 6.07) is 4.09. The topological polar surface area (TPSA) is 92.9 Å². The Bertz CT molecular complexity index is 558. The first-order valence-corrected chi connectivity index (χ1v) is 6.73. The van der Waals surface area contributed by atoms with Crippen LogP contribution in [0.1, 0.15) is 23.7 Å². The summed E-state index contributed by atoms with van der Waals surface area (Å²) in [5.74, 6) is -0.0580. The smallest absolute Gasteiger partial charge is 0.310 e. The number of nitro benzene ring substituents is 1. The van der Waals surface area contributed by atoms with Crippen molar-refractivity contribution >= 4 is 11.6 Å². The largest absolute Gasteiger partial charge is 0.490 e. The van der Waals surface area contributed by atoms with Crippen LogP contribution >= 0.6 is 0 Å². The van der Waals surface area contributed by atoms with Gasteiger partial charge in [-0.1, -0.05) is 0 Å². The van der Waals surface area contributed by atoms with Crippen LogP contribution in [0.3, 0.4) is 0 Å². The molecule has 0 spiro atoms. The van der Waals surface area contributed by atoms with Gasteiger partial charge in [0, 0.05) is 36.7 Å². The van der Waals surface area contributed by atoms with Crippen LogP contribution < -0.4 is 4.74 Å². The first-order chi connectivity index (χ1) is 9.93. The van der Waals surface area contributed by atoms with Crippen LogP contribution in [0.4, 0.5) is 5.69 Å². The summed E-state index contributed by atoms with van der Waals surface area (Å²) in [5, 5.41) is 20.4. The van der Waals surface area contributed by atoms with Crippen LogP contribution in [-0.4, -0.2) is 47.1 Å². The number of nitro groups is 1. The SMILES string of the molecule is COc1cc(C(=O)N2CCC(C(C)O)C2)ccc1[N+](=O)[O-]. The van der Waals surface area contributed by atoms with Crippen molar-refractivity contribution in [3.05, 3.63) is 33.9 Å². The van der Waals surface area contributed by atoms with E-state index in [9.17, 15) is 20.0 Å². The van der Waals surface area contributed by atoms with Crippen molar-refractivity contribution in [1.82, 2.24) is 4.90 Å². The Morgan fingerprint density at radius 2 is 2.29 bits per heavy atom. The predicted octanol–water partition coefficient (Wildman–Crippen LogP) is 1.45. The maximum absolute atomic E-state index is 12.4. The summed E-state index contributed by atoms with van der Waals surface area (Å²) in [7, 11) is 1.33. The third-order valence-corrected chi connectivity index (χ3v) is 3.82. The maximum Gasteiger partial charge on any atom is 0.310 e. The first-order valence-electron chi connectivity index (χ1n) is 6.73. The Balaban J connectivity index is 2.19. The van der Waals surface area contributed by atoms with E-state index in [4.69, 9.17) is 4.74 Å². The van der Waals surface area contributed by atoms with Crippen molar-refractivity contribution in [2.45, 2.75) is 19.4 Å². The molecule has 1 amide bonds. The summed E-state index contributed by atoms with van der Waals surface area (Å²) in [6.45, 7) is 2.79. The van der Waals surface area contributed by atoms with Gasteiger partial charge in [0.25, 0.3) is 5.91 Å². The molecule has 2 unspecified atom stereocenters. The molecule has 1 aliphatic heterocycles. The van der Waals surface area contributed by atoms with E-state index >= 15 is 0 Å². The van der Waals surface area contributed by atoms with Gasteiger partial charge in [0.2, 0.25) is 0 Å². The van der Waals surface area contributed by atoms with E-state index in [0.717, 1.165) is 6.42 Å². The number of carbonyl (C=O) groups excluding carboxylic acids is 1.